The molecular weight excluding hydrogens is 470 g/mol. The van der Waals surface area contributed by atoms with Crippen LogP contribution in [-0.4, -0.2) is 29.2 Å². The topological polar surface area (TPSA) is 82.4 Å². The first kappa shape index (κ1) is 23.7. The second-order valence-electron chi connectivity index (χ2n) is 7.35. The monoisotopic (exact) mass is 493 g/mol. The number of fused-ring (bicyclic) bond motifs is 1. The third-order valence-electron chi connectivity index (χ3n) is 5.20. The maximum Gasteiger partial charge on any atom is 0.330 e. The Hall–Kier alpha value is -3.49. The Kier molecular flexibility index (Phi) is 7.09. The molecule has 4 rings (SSSR count). The molecule has 34 heavy (non-hydrogen) atoms. The van der Waals surface area contributed by atoms with E-state index in [-0.39, 0.29) is 17.3 Å². The lowest BCUT2D eigenvalue weighted by atomic mass is 10.1. The number of esters is 1. The van der Waals surface area contributed by atoms with Crippen LogP contribution in [0.3, 0.4) is 0 Å². The van der Waals surface area contributed by atoms with Gasteiger partial charge in [-0.1, -0.05) is 54.6 Å². The molecule has 3 aromatic carbocycles. The highest BCUT2D eigenvalue weighted by Crippen LogP contribution is 2.33. The summed E-state index contributed by atoms with van der Waals surface area (Å²) in [6.07, 6.45) is 2.80. The van der Waals surface area contributed by atoms with Crippen molar-refractivity contribution >= 4 is 43.8 Å². The summed E-state index contributed by atoms with van der Waals surface area (Å²) < 4.78 is 47.1. The molecule has 0 aliphatic heterocycles. The zero-order chi connectivity index (χ0) is 24.1. The van der Waals surface area contributed by atoms with E-state index >= 15 is 0 Å². The number of para-hydroxylation sites is 1. The SMILES string of the molecule is CCOC(=O)/C=C/c1c(CS(=O)c2ccccc2)n(S(=O)(=O)c2ccccc2)c2ccccc12. The standard InChI is InChI=1S/C26H23NO5S2/c1-2-32-26(28)18-17-23-22-15-9-10-16-24(22)27(34(30,31)21-13-7-4-8-14-21)25(23)19-33(29)20-11-5-3-6-12-20/h3-18H,2,19H2,1H3/b18-17+. The van der Waals surface area contributed by atoms with Crippen molar-refractivity contribution in [3.8, 4) is 0 Å². The normalized spacial score (nSPS) is 12.7. The van der Waals surface area contributed by atoms with Crippen LogP contribution < -0.4 is 0 Å². The molecule has 0 saturated carbocycles. The zero-order valence-corrected chi connectivity index (χ0v) is 20.1. The van der Waals surface area contributed by atoms with E-state index in [0.29, 0.717) is 27.1 Å². The molecule has 1 unspecified atom stereocenters. The number of carbonyl (C=O) groups excluding carboxylic acids is 1. The predicted molar refractivity (Wildman–Crippen MR) is 133 cm³/mol. The Bertz CT molecular complexity index is 1470. The second kappa shape index (κ2) is 10.2. The molecule has 0 radical (unpaired) electrons. The fourth-order valence-corrected chi connectivity index (χ4v) is 6.53. The molecule has 4 aromatic rings. The highest BCUT2D eigenvalue weighted by atomic mass is 32.2. The summed E-state index contributed by atoms with van der Waals surface area (Å²) in [5.74, 6) is -0.604. The highest BCUT2D eigenvalue weighted by molar-refractivity contribution is 7.90. The summed E-state index contributed by atoms with van der Waals surface area (Å²) in [6.45, 7) is 1.93. The number of nitrogens with zero attached hydrogens (tertiary/aromatic N) is 1. The maximum absolute atomic E-state index is 13.8. The van der Waals surface area contributed by atoms with Gasteiger partial charge in [0.25, 0.3) is 10.0 Å². The lowest BCUT2D eigenvalue weighted by Crippen LogP contribution is -2.17. The Morgan fingerprint density at radius 1 is 0.941 bits per heavy atom. The van der Waals surface area contributed by atoms with Gasteiger partial charge in [0.1, 0.15) is 0 Å². The van der Waals surface area contributed by atoms with Gasteiger partial charge in [-0.15, -0.1) is 0 Å². The fourth-order valence-electron chi connectivity index (χ4n) is 3.71. The number of ether oxygens (including phenoxy) is 1. The van der Waals surface area contributed by atoms with Crippen molar-refractivity contribution in [3.05, 3.63) is 102 Å². The molecule has 6 nitrogen and oxygen atoms in total. The summed E-state index contributed by atoms with van der Waals surface area (Å²) in [7, 11) is -5.55. The van der Waals surface area contributed by atoms with Crippen LogP contribution in [0.5, 0.6) is 0 Å². The Morgan fingerprint density at radius 3 is 2.24 bits per heavy atom. The van der Waals surface area contributed by atoms with Gasteiger partial charge in [-0.3, -0.25) is 4.21 Å². The molecular formula is C26H23NO5S2. The van der Waals surface area contributed by atoms with Gasteiger partial charge in [0.05, 0.1) is 39.3 Å². The zero-order valence-electron chi connectivity index (χ0n) is 18.5. The van der Waals surface area contributed by atoms with Gasteiger partial charge in [-0.25, -0.2) is 17.2 Å². The van der Waals surface area contributed by atoms with Gasteiger partial charge in [0.15, 0.2) is 0 Å². The molecule has 1 aromatic heterocycles. The van der Waals surface area contributed by atoms with Crippen LogP contribution in [0.4, 0.5) is 0 Å². The Labute approximate surface area is 201 Å². The van der Waals surface area contributed by atoms with E-state index in [1.165, 1.54) is 28.3 Å². The van der Waals surface area contributed by atoms with E-state index in [4.69, 9.17) is 4.74 Å². The number of rotatable bonds is 8. The van der Waals surface area contributed by atoms with Gasteiger partial charge in [-0.2, -0.15) is 0 Å². The number of hydrogen-bond acceptors (Lipinski definition) is 5. The quantitative estimate of drug-likeness (QED) is 0.261. The van der Waals surface area contributed by atoms with Crippen molar-refractivity contribution in [2.45, 2.75) is 22.5 Å². The molecule has 0 spiro atoms. The van der Waals surface area contributed by atoms with Crippen molar-refractivity contribution in [3.63, 3.8) is 0 Å². The smallest absolute Gasteiger partial charge is 0.330 e. The van der Waals surface area contributed by atoms with Crippen molar-refractivity contribution in [1.82, 2.24) is 3.97 Å². The van der Waals surface area contributed by atoms with Gasteiger partial charge in [-0.05, 0) is 43.3 Å². The van der Waals surface area contributed by atoms with Gasteiger partial charge in [0, 0.05) is 21.9 Å². The predicted octanol–water partition coefficient (Wildman–Crippen LogP) is 4.76. The molecule has 0 N–H and O–H groups in total. The van der Waals surface area contributed by atoms with Crippen LogP contribution in [0.1, 0.15) is 18.2 Å². The first-order chi connectivity index (χ1) is 16.4. The molecule has 1 atom stereocenters. The van der Waals surface area contributed by atoms with E-state index in [1.54, 1.807) is 73.7 Å². The van der Waals surface area contributed by atoms with E-state index in [2.05, 4.69) is 0 Å². The van der Waals surface area contributed by atoms with Crippen molar-refractivity contribution in [1.29, 1.82) is 0 Å². The molecule has 8 heteroatoms. The highest BCUT2D eigenvalue weighted by Gasteiger charge is 2.27. The molecule has 0 saturated heterocycles. The van der Waals surface area contributed by atoms with Gasteiger partial charge >= 0.3 is 5.97 Å². The average molecular weight is 494 g/mol. The van der Waals surface area contributed by atoms with E-state index in [1.807, 2.05) is 6.07 Å². The molecule has 0 fully saturated rings. The largest absolute Gasteiger partial charge is 0.463 e. The number of hydrogen-bond donors (Lipinski definition) is 0. The van der Waals surface area contributed by atoms with Crippen LogP contribution in [0.15, 0.2) is 101 Å². The van der Waals surface area contributed by atoms with Crippen LogP contribution in [-0.2, 0) is 36.1 Å². The van der Waals surface area contributed by atoms with Crippen LogP contribution in [0, 0.1) is 0 Å². The lowest BCUT2D eigenvalue weighted by molar-refractivity contribution is -0.137. The number of benzene rings is 3. The summed E-state index contributed by atoms with van der Waals surface area (Å²) >= 11 is 0. The maximum atomic E-state index is 13.8. The Morgan fingerprint density at radius 2 is 1.56 bits per heavy atom. The van der Waals surface area contributed by atoms with Crippen molar-refractivity contribution < 1.29 is 22.2 Å². The van der Waals surface area contributed by atoms with Crippen molar-refractivity contribution in [2.24, 2.45) is 0 Å². The number of carbonyl (C=O) groups is 1. The lowest BCUT2D eigenvalue weighted by Gasteiger charge is -2.13. The van der Waals surface area contributed by atoms with Crippen LogP contribution in [0.2, 0.25) is 0 Å². The molecule has 174 valence electrons. The van der Waals surface area contributed by atoms with Gasteiger partial charge in [0.2, 0.25) is 0 Å². The third-order valence-corrected chi connectivity index (χ3v) is 8.30. The second-order valence-corrected chi connectivity index (χ2v) is 10.6. The minimum atomic E-state index is -4.02. The minimum absolute atomic E-state index is 0.0622. The molecule has 1 heterocycles. The molecule has 0 amide bonds. The molecule has 0 aliphatic rings. The third kappa shape index (κ3) is 4.73. The molecule has 0 aliphatic carbocycles. The first-order valence-corrected chi connectivity index (χ1v) is 13.4. The fraction of sp³-hybridized carbons (Fsp3) is 0.115. The summed E-state index contributed by atoms with van der Waals surface area (Å²) in [6, 6.07) is 24.0. The number of aromatic nitrogens is 1. The van der Waals surface area contributed by atoms with E-state index < -0.39 is 26.8 Å². The van der Waals surface area contributed by atoms with E-state index in [0.717, 1.165) is 0 Å². The van der Waals surface area contributed by atoms with E-state index in [9.17, 15) is 17.4 Å². The summed E-state index contributed by atoms with van der Waals surface area (Å²) in [4.78, 5) is 12.7. The van der Waals surface area contributed by atoms with Crippen LogP contribution >= 0.6 is 0 Å². The minimum Gasteiger partial charge on any atom is -0.463 e. The van der Waals surface area contributed by atoms with Gasteiger partial charge < -0.3 is 4.74 Å². The summed E-state index contributed by atoms with van der Waals surface area (Å²) in [5.41, 5.74) is 1.27. The average Bonchev–Trinajstić information content (AvgIpc) is 3.17. The Balaban J connectivity index is 1.97. The van der Waals surface area contributed by atoms with Crippen molar-refractivity contribution in [2.75, 3.05) is 6.61 Å². The first-order valence-electron chi connectivity index (χ1n) is 10.6. The molecule has 0 bridgehead atoms. The van der Waals surface area contributed by atoms with Crippen LogP contribution in [0.25, 0.3) is 17.0 Å². The summed E-state index contributed by atoms with van der Waals surface area (Å²) in [5, 5.41) is 0.627.